The molecule has 23 heavy (non-hydrogen) atoms. The third kappa shape index (κ3) is 3.03. The normalized spacial score (nSPS) is 26.3. The number of hydrogen-bond acceptors (Lipinski definition) is 4. The van der Waals surface area contributed by atoms with Gasteiger partial charge in [0.2, 0.25) is 0 Å². The molecule has 0 spiro atoms. The van der Waals surface area contributed by atoms with Crippen LogP contribution in [0.4, 0.5) is 0 Å². The third-order valence-electron chi connectivity index (χ3n) is 4.73. The minimum atomic E-state index is 0.201. The monoisotopic (exact) mass is 349 g/mol. The van der Waals surface area contributed by atoms with Crippen molar-refractivity contribution in [3.05, 3.63) is 40.6 Å². The van der Waals surface area contributed by atoms with Crippen molar-refractivity contribution in [2.24, 2.45) is 5.92 Å². The van der Waals surface area contributed by atoms with Crippen LogP contribution in [-0.4, -0.2) is 40.6 Å². The van der Waals surface area contributed by atoms with Crippen molar-refractivity contribution >= 4 is 23.2 Å². The fraction of sp³-hybridized carbons (Fsp3) is 0.412. The van der Waals surface area contributed by atoms with Crippen molar-refractivity contribution < 1.29 is 4.74 Å². The highest BCUT2D eigenvalue weighted by molar-refractivity contribution is 6.39. The molecule has 1 aromatic carbocycles. The highest BCUT2D eigenvalue weighted by Crippen LogP contribution is 2.34. The van der Waals surface area contributed by atoms with Crippen LogP contribution >= 0.6 is 23.2 Å². The minimum absolute atomic E-state index is 0.201. The van der Waals surface area contributed by atoms with E-state index in [9.17, 15) is 0 Å². The van der Waals surface area contributed by atoms with Crippen LogP contribution in [0.15, 0.2) is 30.6 Å². The van der Waals surface area contributed by atoms with Gasteiger partial charge in [-0.1, -0.05) is 29.3 Å². The Morgan fingerprint density at radius 2 is 1.70 bits per heavy atom. The first-order valence-electron chi connectivity index (χ1n) is 7.86. The van der Waals surface area contributed by atoms with E-state index in [0.717, 1.165) is 17.7 Å². The van der Waals surface area contributed by atoms with Crippen LogP contribution in [0.2, 0.25) is 10.0 Å². The Kier molecular flexibility index (Phi) is 4.14. The van der Waals surface area contributed by atoms with Crippen LogP contribution in [0, 0.1) is 5.92 Å². The average molecular weight is 350 g/mol. The van der Waals surface area contributed by atoms with Gasteiger partial charge in [-0.3, -0.25) is 4.90 Å². The maximum atomic E-state index is 6.23. The Morgan fingerprint density at radius 1 is 1.04 bits per heavy atom. The van der Waals surface area contributed by atoms with Gasteiger partial charge in [0.15, 0.2) is 0 Å². The number of fused-ring (bicyclic) bond motifs is 3. The standard InChI is InChI=1S/C17H17Cl2N3O/c18-13-2-1-3-14(19)16(13)12-8-20-17(21-9-12)23-15-10-22-6-4-11(15)5-7-22/h1-3,8-9,11,15H,4-7,10H2/t15-/m0/s1. The lowest BCUT2D eigenvalue weighted by Gasteiger charge is -2.43. The zero-order valence-corrected chi connectivity index (χ0v) is 14.1. The third-order valence-corrected chi connectivity index (χ3v) is 5.36. The Morgan fingerprint density at radius 3 is 2.26 bits per heavy atom. The molecule has 1 aromatic heterocycles. The molecule has 2 bridgehead atoms. The van der Waals surface area contributed by atoms with Gasteiger partial charge in [-0.15, -0.1) is 0 Å². The first-order valence-corrected chi connectivity index (χ1v) is 8.62. The number of piperidine rings is 3. The summed E-state index contributed by atoms with van der Waals surface area (Å²) in [6, 6.07) is 5.86. The average Bonchev–Trinajstić information content (AvgIpc) is 2.57. The van der Waals surface area contributed by atoms with Crippen LogP contribution in [0.25, 0.3) is 11.1 Å². The summed E-state index contributed by atoms with van der Waals surface area (Å²) in [6.45, 7) is 3.36. The molecule has 0 unspecified atom stereocenters. The van der Waals surface area contributed by atoms with E-state index in [4.69, 9.17) is 27.9 Å². The van der Waals surface area contributed by atoms with Crippen LogP contribution < -0.4 is 4.74 Å². The smallest absolute Gasteiger partial charge is 0.316 e. The largest absolute Gasteiger partial charge is 0.458 e. The molecule has 3 aliphatic rings. The molecule has 120 valence electrons. The molecule has 1 atom stereocenters. The molecule has 3 saturated heterocycles. The minimum Gasteiger partial charge on any atom is -0.458 e. The molecule has 0 N–H and O–H groups in total. The second-order valence-corrected chi connectivity index (χ2v) is 6.96. The molecule has 0 saturated carbocycles. The van der Waals surface area contributed by atoms with Crippen LogP contribution in [0.3, 0.4) is 0 Å². The first-order chi connectivity index (χ1) is 11.2. The lowest BCUT2D eigenvalue weighted by atomic mass is 9.86. The molecular formula is C17H17Cl2N3O. The summed E-state index contributed by atoms with van der Waals surface area (Å²) in [5.41, 5.74) is 1.55. The number of halogens is 2. The molecule has 0 radical (unpaired) electrons. The fourth-order valence-electron chi connectivity index (χ4n) is 3.46. The van der Waals surface area contributed by atoms with Gasteiger partial charge in [0.25, 0.3) is 0 Å². The van der Waals surface area contributed by atoms with Crippen LogP contribution in [0.1, 0.15) is 12.8 Å². The quantitative estimate of drug-likeness (QED) is 0.841. The molecule has 0 amide bonds. The summed E-state index contributed by atoms with van der Waals surface area (Å²) in [7, 11) is 0. The predicted octanol–water partition coefficient (Wildman–Crippen LogP) is 3.92. The Hall–Kier alpha value is -1.36. The van der Waals surface area contributed by atoms with E-state index in [1.165, 1.54) is 25.9 Å². The summed E-state index contributed by atoms with van der Waals surface area (Å²) in [5.74, 6) is 0.626. The second-order valence-electron chi connectivity index (χ2n) is 6.15. The number of hydrogen-bond donors (Lipinski definition) is 0. The number of rotatable bonds is 3. The predicted molar refractivity (Wildman–Crippen MR) is 91.1 cm³/mol. The van der Waals surface area contributed by atoms with Gasteiger partial charge in [-0.05, 0) is 44.0 Å². The Bertz CT molecular complexity index is 679. The van der Waals surface area contributed by atoms with Crippen molar-refractivity contribution in [1.82, 2.24) is 14.9 Å². The van der Waals surface area contributed by atoms with Crippen LogP contribution in [0.5, 0.6) is 6.01 Å². The van der Waals surface area contributed by atoms with Gasteiger partial charge in [0, 0.05) is 30.1 Å². The molecule has 4 heterocycles. The van der Waals surface area contributed by atoms with E-state index in [1.807, 2.05) is 6.07 Å². The molecule has 2 aromatic rings. The Balaban J connectivity index is 1.52. The SMILES string of the molecule is Clc1cccc(Cl)c1-c1cnc(O[C@H]2CN3CCC2CC3)nc1. The topological polar surface area (TPSA) is 38.2 Å². The molecule has 6 heteroatoms. The maximum absolute atomic E-state index is 6.23. The van der Waals surface area contributed by atoms with Crippen molar-refractivity contribution in [3.63, 3.8) is 0 Å². The highest BCUT2D eigenvalue weighted by atomic mass is 35.5. The van der Waals surface area contributed by atoms with Gasteiger partial charge in [0.05, 0.1) is 10.0 Å². The number of aromatic nitrogens is 2. The molecule has 5 rings (SSSR count). The molecule has 3 aliphatic heterocycles. The van der Waals surface area contributed by atoms with Crippen LogP contribution in [-0.2, 0) is 0 Å². The molecule has 4 nitrogen and oxygen atoms in total. The first kappa shape index (κ1) is 15.2. The zero-order chi connectivity index (χ0) is 15.8. The molecular weight excluding hydrogens is 333 g/mol. The van der Waals surface area contributed by atoms with Crippen molar-refractivity contribution in [2.45, 2.75) is 18.9 Å². The van der Waals surface area contributed by atoms with Crippen molar-refractivity contribution in [1.29, 1.82) is 0 Å². The van der Waals surface area contributed by atoms with E-state index in [0.29, 0.717) is 22.0 Å². The summed E-state index contributed by atoms with van der Waals surface area (Å²) in [4.78, 5) is 11.1. The maximum Gasteiger partial charge on any atom is 0.316 e. The number of ether oxygens (including phenoxy) is 1. The van der Waals surface area contributed by atoms with Gasteiger partial charge in [-0.2, -0.15) is 0 Å². The number of nitrogens with zero attached hydrogens (tertiary/aromatic N) is 3. The summed E-state index contributed by atoms with van der Waals surface area (Å²) >= 11 is 12.5. The summed E-state index contributed by atoms with van der Waals surface area (Å²) < 4.78 is 6.01. The van der Waals surface area contributed by atoms with E-state index < -0.39 is 0 Å². The van der Waals surface area contributed by atoms with Crippen molar-refractivity contribution in [2.75, 3.05) is 19.6 Å². The summed E-state index contributed by atoms with van der Waals surface area (Å²) in [5, 5.41) is 1.18. The van der Waals surface area contributed by atoms with Gasteiger partial charge in [-0.25, -0.2) is 9.97 Å². The zero-order valence-electron chi connectivity index (χ0n) is 12.6. The van der Waals surface area contributed by atoms with Gasteiger partial charge < -0.3 is 4.74 Å². The Labute approximate surface area is 145 Å². The van der Waals surface area contributed by atoms with Gasteiger partial charge in [0.1, 0.15) is 6.10 Å². The summed E-state index contributed by atoms with van der Waals surface area (Å²) in [6.07, 6.45) is 6.05. The van der Waals surface area contributed by atoms with Gasteiger partial charge >= 0.3 is 6.01 Å². The van der Waals surface area contributed by atoms with E-state index in [-0.39, 0.29) is 6.10 Å². The van der Waals surface area contributed by atoms with E-state index >= 15 is 0 Å². The lowest BCUT2D eigenvalue weighted by Crippen LogP contribution is -2.52. The highest BCUT2D eigenvalue weighted by Gasteiger charge is 2.35. The fourth-order valence-corrected chi connectivity index (χ4v) is 4.08. The van der Waals surface area contributed by atoms with E-state index in [1.54, 1.807) is 24.5 Å². The lowest BCUT2D eigenvalue weighted by molar-refractivity contribution is -0.0123. The second kappa shape index (κ2) is 6.27. The molecule has 3 fully saturated rings. The van der Waals surface area contributed by atoms with E-state index in [2.05, 4.69) is 14.9 Å². The number of benzene rings is 1. The molecule has 0 aliphatic carbocycles. The van der Waals surface area contributed by atoms with Crippen molar-refractivity contribution in [3.8, 4) is 17.1 Å².